The van der Waals surface area contributed by atoms with E-state index in [4.69, 9.17) is 11.6 Å². The predicted molar refractivity (Wildman–Crippen MR) is 61.7 cm³/mol. The molecule has 1 rings (SSSR count). The van der Waals surface area contributed by atoms with Gasteiger partial charge < -0.3 is 10.1 Å². The minimum Gasteiger partial charge on any atom is -0.465 e. The van der Waals surface area contributed by atoms with Gasteiger partial charge in [-0.1, -0.05) is 0 Å². The van der Waals surface area contributed by atoms with Gasteiger partial charge in [0.25, 0.3) is 0 Å². The van der Waals surface area contributed by atoms with E-state index in [0.29, 0.717) is 0 Å². The number of carbonyl (C=O) groups excluding carboxylic acids is 2. The zero-order valence-corrected chi connectivity index (χ0v) is 10.0. The quantitative estimate of drug-likeness (QED) is 0.669. The molecule has 6 heteroatoms. The molecule has 0 aliphatic carbocycles. The van der Waals surface area contributed by atoms with Crippen LogP contribution >= 0.6 is 11.6 Å². The third-order valence-electron chi connectivity index (χ3n) is 2.00. The molecule has 1 N–H and O–H groups in total. The summed E-state index contributed by atoms with van der Waals surface area (Å²) < 4.78 is 17.7. The van der Waals surface area contributed by atoms with Crippen LogP contribution in [0.25, 0.3) is 0 Å². The lowest BCUT2D eigenvalue weighted by Gasteiger charge is -2.08. The third kappa shape index (κ3) is 3.42. The molecule has 92 valence electrons. The lowest BCUT2D eigenvalue weighted by atomic mass is 10.2. The summed E-state index contributed by atoms with van der Waals surface area (Å²) in [5.41, 5.74) is 0.0387. The molecule has 17 heavy (non-hydrogen) atoms. The number of carbonyl (C=O) groups is 2. The van der Waals surface area contributed by atoms with Crippen LogP contribution < -0.4 is 5.32 Å². The fraction of sp³-hybridized carbons (Fsp3) is 0.273. The number of esters is 1. The molecule has 0 spiro atoms. The van der Waals surface area contributed by atoms with Gasteiger partial charge in [-0.25, -0.2) is 9.18 Å². The topological polar surface area (TPSA) is 55.4 Å². The predicted octanol–water partition coefficient (Wildman–Crippen LogP) is 2.18. The Hall–Kier alpha value is -1.62. The summed E-state index contributed by atoms with van der Waals surface area (Å²) in [6.07, 6.45) is 0. The smallest absolute Gasteiger partial charge is 0.340 e. The normalized spacial score (nSPS) is 11.8. The molecule has 0 fully saturated rings. The van der Waals surface area contributed by atoms with Crippen LogP contribution in [-0.2, 0) is 9.53 Å². The van der Waals surface area contributed by atoms with Crippen LogP contribution in [0.4, 0.5) is 10.1 Å². The fourth-order valence-corrected chi connectivity index (χ4v) is 1.17. The van der Waals surface area contributed by atoms with Crippen molar-refractivity contribution in [1.82, 2.24) is 0 Å². The number of halogens is 2. The number of anilines is 1. The molecule has 1 unspecified atom stereocenters. The number of ether oxygens (including phenoxy) is 1. The van der Waals surface area contributed by atoms with Crippen molar-refractivity contribution in [1.29, 1.82) is 0 Å². The van der Waals surface area contributed by atoms with E-state index in [2.05, 4.69) is 10.1 Å². The number of methoxy groups -OCH3 is 1. The van der Waals surface area contributed by atoms with Crippen molar-refractivity contribution in [3.05, 3.63) is 29.6 Å². The van der Waals surface area contributed by atoms with E-state index in [9.17, 15) is 14.0 Å². The van der Waals surface area contributed by atoms with Crippen LogP contribution in [0.2, 0.25) is 0 Å². The Bertz CT molecular complexity index is 448. The molecule has 1 aromatic carbocycles. The van der Waals surface area contributed by atoms with Crippen LogP contribution in [0.15, 0.2) is 18.2 Å². The summed E-state index contributed by atoms with van der Waals surface area (Å²) in [6, 6.07) is 3.60. The molecule has 0 heterocycles. The van der Waals surface area contributed by atoms with Gasteiger partial charge in [0.1, 0.15) is 11.2 Å². The Morgan fingerprint density at radius 2 is 2.12 bits per heavy atom. The summed E-state index contributed by atoms with van der Waals surface area (Å²) in [7, 11) is 1.15. The molecular formula is C11H11ClFNO3. The third-order valence-corrected chi connectivity index (χ3v) is 2.20. The Kier molecular flexibility index (Phi) is 4.45. The van der Waals surface area contributed by atoms with E-state index in [1.807, 2.05) is 0 Å². The SMILES string of the molecule is COC(=O)c1cc(NC(=O)C(C)Cl)ccc1F. The van der Waals surface area contributed by atoms with E-state index in [1.54, 1.807) is 0 Å². The van der Waals surface area contributed by atoms with Gasteiger partial charge in [-0.15, -0.1) is 11.6 Å². The zero-order valence-electron chi connectivity index (χ0n) is 9.29. The van der Waals surface area contributed by atoms with Gasteiger partial charge >= 0.3 is 5.97 Å². The van der Waals surface area contributed by atoms with E-state index in [1.165, 1.54) is 19.1 Å². The molecule has 0 aromatic heterocycles. The van der Waals surface area contributed by atoms with Crippen molar-refractivity contribution in [3.63, 3.8) is 0 Å². The highest BCUT2D eigenvalue weighted by atomic mass is 35.5. The molecule has 0 saturated heterocycles. The summed E-state index contributed by atoms with van der Waals surface area (Å²) >= 11 is 5.56. The standard InChI is InChI=1S/C11H11ClFNO3/c1-6(12)10(15)14-7-3-4-9(13)8(5-7)11(16)17-2/h3-6H,1-2H3,(H,14,15). The van der Waals surface area contributed by atoms with Gasteiger partial charge in [0.15, 0.2) is 0 Å². The lowest BCUT2D eigenvalue weighted by molar-refractivity contribution is -0.115. The van der Waals surface area contributed by atoms with Crippen molar-refractivity contribution < 1.29 is 18.7 Å². The first-order chi connectivity index (χ1) is 7.95. The molecule has 0 aliphatic rings. The van der Waals surface area contributed by atoms with Gasteiger partial charge in [0.05, 0.1) is 12.7 Å². The molecule has 0 bridgehead atoms. The zero-order chi connectivity index (χ0) is 13.0. The van der Waals surface area contributed by atoms with Gasteiger partial charge in [-0.05, 0) is 25.1 Å². The number of nitrogens with one attached hydrogen (secondary N) is 1. The number of alkyl halides is 1. The van der Waals surface area contributed by atoms with Crippen LogP contribution in [0.5, 0.6) is 0 Å². The second-order valence-corrected chi connectivity index (χ2v) is 3.95. The maximum absolute atomic E-state index is 13.3. The first-order valence-electron chi connectivity index (χ1n) is 4.78. The van der Waals surface area contributed by atoms with Gasteiger partial charge in [0, 0.05) is 5.69 Å². The molecule has 1 amide bonds. The average Bonchev–Trinajstić information content (AvgIpc) is 2.30. The number of rotatable bonds is 3. The average molecular weight is 260 g/mol. The Labute approximate surface area is 103 Å². The van der Waals surface area contributed by atoms with Crippen LogP contribution in [0.1, 0.15) is 17.3 Å². The molecular weight excluding hydrogens is 249 g/mol. The van der Waals surface area contributed by atoms with E-state index in [0.717, 1.165) is 13.2 Å². The number of amides is 1. The highest BCUT2D eigenvalue weighted by Crippen LogP contribution is 2.16. The maximum Gasteiger partial charge on any atom is 0.340 e. The van der Waals surface area contributed by atoms with Gasteiger partial charge in [-0.3, -0.25) is 4.79 Å². The first kappa shape index (κ1) is 13.4. The van der Waals surface area contributed by atoms with E-state index in [-0.39, 0.29) is 11.3 Å². The molecule has 0 aliphatic heterocycles. The highest BCUT2D eigenvalue weighted by molar-refractivity contribution is 6.32. The molecule has 1 atom stereocenters. The van der Waals surface area contributed by atoms with Crippen molar-refractivity contribution in [3.8, 4) is 0 Å². The van der Waals surface area contributed by atoms with Crippen LogP contribution in [-0.4, -0.2) is 24.4 Å². The molecule has 4 nitrogen and oxygen atoms in total. The Balaban J connectivity index is 2.97. The fourth-order valence-electron chi connectivity index (χ4n) is 1.11. The number of hydrogen-bond acceptors (Lipinski definition) is 3. The minimum absolute atomic E-state index is 0.243. The lowest BCUT2D eigenvalue weighted by Crippen LogP contribution is -2.20. The highest BCUT2D eigenvalue weighted by Gasteiger charge is 2.15. The summed E-state index contributed by atoms with van der Waals surface area (Å²) in [5.74, 6) is -1.96. The molecule has 0 saturated carbocycles. The Morgan fingerprint density at radius 1 is 1.47 bits per heavy atom. The van der Waals surface area contributed by atoms with Crippen molar-refractivity contribution in [2.24, 2.45) is 0 Å². The molecule has 1 aromatic rings. The van der Waals surface area contributed by atoms with Gasteiger partial charge in [-0.2, -0.15) is 0 Å². The summed E-state index contributed by atoms with van der Waals surface area (Å²) in [5, 5.41) is 1.72. The van der Waals surface area contributed by atoms with Crippen molar-refractivity contribution >= 4 is 29.2 Å². The van der Waals surface area contributed by atoms with Crippen molar-refractivity contribution in [2.45, 2.75) is 12.3 Å². The second-order valence-electron chi connectivity index (χ2n) is 3.29. The number of hydrogen-bond donors (Lipinski definition) is 1. The second kappa shape index (κ2) is 5.63. The summed E-state index contributed by atoms with van der Waals surface area (Å²) in [4.78, 5) is 22.5. The van der Waals surface area contributed by atoms with Crippen LogP contribution in [0.3, 0.4) is 0 Å². The maximum atomic E-state index is 13.3. The first-order valence-corrected chi connectivity index (χ1v) is 5.22. The Morgan fingerprint density at radius 3 is 2.65 bits per heavy atom. The van der Waals surface area contributed by atoms with E-state index < -0.39 is 23.1 Å². The minimum atomic E-state index is -0.808. The molecule has 0 radical (unpaired) electrons. The largest absolute Gasteiger partial charge is 0.465 e. The van der Waals surface area contributed by atoms with Crippen LogP contribution in [0, 0.1) is 5.82 Å². The van der Waals surface area contributed by atoms with E-state index >= 15 is 0 Å². The number of benzene rings is 1. The van der Waals surface area contributed by atoms with Gasteiger partial charge in [0.2, 0.25) is 5.91 Å². The summed E-state index contributed by atoms with van der Waals surface area (Å²) in [6.45, 7) is 1.50. The monoisotopic (exact) mass is 259 g/mol. The van der Waals surface area contributed by atoms with Crippen molar-refractivity contribution in [2.75, 3.05) is 12.4 Å².